The average Bonchev–Trinajstić information content (AvgIpc) is 0.811. The van der Waals surface area contributed by atoms with Gasteiger partial charge in [-0.15, -0.1) is 0 Å². The molecule has 0 heterocycles. The monoisotopic (exact) mass is 239 g/mol. The van der Waals surface area contributed by atoms with Crippen LogP contribution in [0.5, 0.6) is 0 Å². The van der Waals surface area contributed by atoms with E-state index in [-0.39, 0.29) is 103 Å². The Morgan fingerprint density at radius 3 is 0.600 bits per heavy atom. The van der Waals surface area contributed by atoms with Crippen LogP contribution in [0.15, 0.2) is 0 Å². The first-order valence-electron chi connectivity index (χ1n) is 0.401. The van der Waals surface area contributed by atoms with E-state index in [9.17, 15) is 10.7 Å². The van der Waals surface area contributed by atoms with Crippen molar-refractivity contribution < 1.29 is 129 Å². The molecule has 0 spiro atoms. The first-order valence-corrected chi connectivity index (χ1v) is 1.65. The van der Waals surface area contributed by atoms with Gasteiger partial charge >= 0.3 is 115 Å². The van der Waals surface area contributed by atoms with Crippen molar-refractivity contribution in [1.29, 1.82) is 0 Å². The molecule has 0 aliphatic heterocycles. The van der Waals surface area contributed by atoms with Crippen LogP contribution in [0.1, 0.15) is 0 Å². The van der Waals surface area contributed by atoms with Gasteiger partial charge in [0.1, 0.15) is 0 Å². The molecule has 0 unspecified atom stereocenters. The van der Waals surface area contributed by atoms with Gasteiger partial charge in [0.15, 0.2) is 0 Å². The molecule has 0 aromatic heterocycles. The average molecular weight is 239 g/mol. The van der Waals surface area contributed by atoms with Crippen LogP contribution in [0.2, 0.25) is 0 Å². The minimum absolute atomic E-state index is 0. The molecule has 0 aromatic rings. The summed E-state index contributed by atoms with van der Waals surface area (Å²) in [6.07, 6.45) is 0. The normalized spacial score (nSPS) is 4.50. The minimum Gasteiger partial charge on any atom is 1.00 e. The van der Waals surface area contributed by atoms with Crippen LogP contribution in [-0.4, -0.2) is 0 Å². The van der Waals surface area contributed by atoms with Crippen LogP contribution in [0, 0.1) is 0 Å². The number of halogens is 6. The second kappa shape index (κ2) is 40.1. The van der Waals surface area contributed by atoms with E-state index >= 15 is 0 Å². The van der Waals surface area contributed by atoms with E-state index in [1.807, 2.05) is 0 Å². The Kier molecular flexibility index (Phi) is 207. The zero-order valence-corrected chi connectivity index (χ0v) is 12.7. The molecule has 10 heteroatoms. The fraction of sp³-hybridized carbons (Fsp3) is 0. The number of hydrogen-bond donors (Lipinski definition) is 0. The second-order valence-corrected chi connectivity index (χ2v) is 0.625. The molecule has 10 heavy (non-hydrogen) atoms. The van der Waals surface area contributed by atoms with Crippen molar-refractivity contribution in [3.05, 3.63) is 0 Å². The minimum atomic E-state index is -4.25. The summed E-state index contributed by atoms with van der Waals surface area (Å²) < 4.78 is 29.2. The van der Waals surface area contributed by atoms with Crippen LogP contribution in [-0.2, 0) is 15.3 Å². The Labute approximate surface area is 126 Å². The van der Waals surface area contributed by atoms with Gasteiger partial charge in [-0.05, 0) is 0 Å². The van der Waals surface area contributed by atoms with Crippen LogP contribution in [0.3, 0.4) is 0 Å². The molecule has 0 aliphatic rings. The Bertz CT molecular complexity index is 17.7. The smallest absolute Gasteiger partial charge is 1.00 e. The third kappa shape index (κ3) is 118. The summed E-state index contributed by atoms with van der Waals surface area (Å²) in [6.45, 7) is 0. The molecule has 0 amide bonds. The van der Waals surface area contributed by atoms with E-state index in [4.69, 9.17) is 0 Å². The summed E-state index contributed by atoms with van der Waals surface area (Å²) in [5, 5.41) is 0. The van der Waals surface area contributed by atoms with E-state index in [2.05, 4.69) is 0 Å². The van der Waals surface area contributed by atoms with Crippen molar-refractivity contribution in [3.8, 4) is 0 Å². The summed E-state index contributed by atoms with van der Waals surface area (Å²) in [5.74, 6) is 0. The molecule has 0 nitrogen and oxygen atoms in total. The SMILES string of the molecule is [F-].[F-].[F-].[F][Fe]([F])[F].[Na+].[Na+].[Na+]. The molecule has 0 saturated heterocycles. The van der Waals surface area contributed by atoms with E-state index in [1.54, 1.807) is 0 Å². The van der Waals surface area contributed by atoms with Crippen LogP contribution >= 0.6 is 0 Å². The third-order valence-corrected chi connectivity index (χ3v) is 0. The Morgan fingerprint density at radius 1 is 0.600 bits per heavy atom. The van der Waals surface area contributed by atoms with Gasteiger partial charge in [-0.1, -0.05) is 0 Å². The van der Waals surface area contributed by atoms with Crippen LogP contribution in [0.25, 0.3) is 0 Å². The quantitative estimate of drug-likeness (QED) is 0.291. The van der Waals surface area contributed by atoms with Gasteiger partial charge in [-0.3, -0.25) is 0 Å². The molecule has 0 N–H and O–H groups in total. The van der Waals surface area contributed by atoms with E-state index in [0.29, 0.717) is 0 Å². The van der Waals surface area contributed by atoms with Gasteiger partial charge in [0.2, 0.25) is 0 Å². The number of rotatable bonds is 0. The van der Waals surface area contributed by atoms with Gasteiger partial charge in [0, 0.05) is 0 Å². The topological polar surface area (TPSA) is 0 Å². The van der Waals surface area contributed by atoms with Gasteiger partial charge in [-0.2, -0.15) is 0 Å². The maximum Gasteiger partial charge on any atom is 1.00 e. The second-order valence-electron chi connectivity index (χ2n) is 0.152. The Morgan fingerprint density at radius 2 is 0.600 bits per heavy atom. The van der Waals surface area contributed by atoms with Gasteiger partial charge in [0.05, 0.1) is 0 Å². The van der Waals surface area contributed by atoms with Crippen LogP contribution in [0.4, 0.5) is 10.7 Å². The summed E-state index contributed by atoms with van der Waals surface area (Å²) in [7, 11) is 0. The van der Waals surface area contributed by atoms with Crippen molar-refractivity contribution in [2.45, 2.75) is 0 Å². The number of hydrogen-bond acceptors (Lipinski definition) is 0. The molecule has 0 aromatic carbocycles. The van der Waals surface area contributed by atoms with Crippen LogP contribution < -0.4 is 103 Å². The standard InChI is InChI=1S/6FH.Fe.3Na/h6*1H;;;;/q;;;;;;+3;3*+1/p-6. The summed E-state index contributed by atoms with van der Waals surface area (Å²) in [6, 6.07) is 0. The molecule has 0 aliphatic carbocycles. The van der Waals surface area contributed by atoms with Crippen molar-refractivity contribution in [3.63, 3.8) is 0 Å². The fourth-order valence-corrected chi connectivity index (χ4v) is 0. The van der Waals surface area contributed by atoms with E-state index < -0.39 is 15.3 Å². The molecule has 0 fully saturated rings. The largest absolute Gasteiger partial charge is 1.00 e. The molecule has 0 saturated carbocycles. The zero-order valence-electron chi connectivity index (χ0n) is 5.62. The fourth-order valence-electron chi connectivity index (χ4n) is 0. The summed E-state index contributed by atoms with van der Waals surface area (Å²) >= 11 is -4.25. The van der Waals surface area contributed by atoms with Crippen molar-refractivity contribution >= 4 is 0 Å². The Hall–Kier alpha value is 3.10. The predicted molar refractivity (Wildman–Crippen MR) is 3.32 cm³/mol. The predicted octanol–water partition coefficient (Wildman–Crippen LogP) is -16.7. The molecular formula is F6FeNa3. The van der Waals surface area contributed by atoms with Gasteiger partial charge < -0.3 is 14.1 Å². The summed E-state index contributed by atoms with van der Waals surface area (Å²) in [5.41, 5.74) is 0. The molecule has 0 atom stereocenters. The van der Waals surface area contributed by atoms with E-state index in [0.717, 1.165) is 0 Å². The zero-order chi connectivity index (χ0) is 3.58. The Balaban J connectivity index is -0.00000000300. The molecule has 53 valence electrons. The maximum atomic E-state index is 9.75. The first-order chi connectivity index (χ1) is 1.73. The summed E-state index contributed by atoms with van der Waals surface area (Å²) in [4.78, 5) is 0. The van der Waals surface area contributed by atoms with E-state index in [1.165, 1.54) is 0 Å². The van der Waals surface area contributed by atoms with Crippen molar-refractivity contribution in [2.24, 2.45) is 0 Å². The molecule has 0 radical (unpaired) electrons. The molecule has 0 rings (SSSR count). The van der Waals surface area contributed by atoms with Crippen molar-refractivity contribution in [2.75, 3.05) is 0 Å². The first kappa shape index (κ1) is 51.5. The maximum absolute atomic E-state index is 9.75. The van der Waals surface area contributed by atoms with Gasteiger partial charge in [0.25, 0.3) is 0 Å². The third-order valence-electron chi connectivity index (χ3n) is 0. The molecular weight excluding hydrogens is 239 g/mol. The van der Waals surface area contributed by atoms with Crippen molar-refractivity contribution in [1.82, 2.24) is 0 Å². The van der Waals surface area contributed by atoms with Gasteiger partial charge in [-0.25, -0.2) is 0 Å². The molecule has 0 bridgehead atoms.